The lowest BCUT2D eigenvalue weighted by Gasteiger charge is -2.36. The molecule has 1 heterocycles. The Morgan fingerprint density at radius 2 is 2.20 bits per heavy atom. The second kappa shape index (κ2) is 4.64. The average Bonchev–Trinajstić information content (AvgIpc) is 2.81. The van der Waals surface area contributed by atoms with Crippen LogP contribution >= 0.6 is 0 Å². The fourth-order valence-corrected chi connectivity index (χ4v) is 2.84. The molecule has 0 spiro atoms. The molecule has 6 heteroatoms. The molecule has 6 nitrogen and oxygen atoms in total. The Kier molecular flexibility index (Phi) is 3.07. The number of nitrogens with two attached hydrogens (primary N) is 1. The van der Waals surface area contributed by atoms with Crippen LogP contribution in [0.3, 0.4) is 0 Å². The normalized spacial score (nSPS) is 28.9. The molecule has 1 fully saturated rings. The zero-order valence-electron chi connectivity index (χ0n) is 11.4. The van der Waals surface area contributed by atoms with Crippen LogP contribution in [-0.2, 0) is 4.94 Å². The number of hydrogen-bond acceptors (Lipinski definition) is 5. The molecule has 1 aromatic carbocycles. The molecule has 108 valence electrons. The van der Waals surface area contributed by atoms with Gasteiger partial charge in [0, 0.05) is 5.56 Å². The van der Waals surface area contributed by atoms with Crippen molar-refractivity contribution in [1.82, 2.24) is 0 Å². The van der Waals surface area contributed by atoms with Crippen LogP contribution < -0.4 is 16.3 Å². The molecule has 1 amide bonds. The lowest BCUT2D eigenvalue weighted by molar-refractivity contribution is 0.00527. The maximum absolute atomic E-state index is 11.2. The SMILES string of the molecule is CC1(O)CCC(N2ONc3cc(C(N)=O)ccc32)CC1. The molecule has 0 atom stereocenters. The molecule has 0 unspecified atom stereocenters. The summed E-state index contributed by atoms with van der Waals surface area (Å²) in [6.07, 6.45) is 3.25. The topological polar surface area (TPSA) is 87.8 Å². The summed E-state index contributed by atoms with van der Waals surface area (Å²) in [5, 5.41) is 11.8. The highest BCUT2D eigenvalue weighted by Gasteiger charge is 2.35. The number of nitrogens with zero attached hydrogens (tertiary/aromatic N) is 1. The number of amides is 1. The van der Waals surface area contributed by atoms with Crippen LogP contribution in [0.25, 0.3) is 0 Å². The lowest BCUT2D eigenvalue weighted by Crippen LogP contribution is -2.41. The minimum absolute atomic E-state index is 0.225. The first kappa shape index (κ1) is 13.2. The monoisotopic (exact) mass is 277 g/mol. The lowest BCUT2D eigenvalue weighted by atomic mass is 9.83. The van der Waals surface area contributed by atoms with Crippen molar-refractivity contribution in [2.24, 2.45) is 5.73 Å². The highest BCUT2D eigenvalue weighted by atomic mass is 16.8. The summed E-state index contributed by atoms with van der Waals surface area (Å²) in [6.45, 7) is 1.87. The summed E-state index contributed by atoms with van der Waals surface area (Å²) in [7, 11) is 0. The summed E-state index contributed by atoms with van der Waals surface area (Å²) in [5.41, 5.74) is 9.62. The molecular weight excluding hydrogens is 258 g/mol. The number of fused-ring (bicyclic) bond motifs is 1. The van der Waals surface area contributed by atoms with E-state index in [-0.39, 0.29) is 6.04 Å². The number of primary amides is 1. The van der Waals surface area contributed by atoms with Crippen LogP contribution in [0.2, 0.25) is 0 Å². The van der Waals surface area contributed by atoms with Gasteiger partial charge in [-0.15, -0.1) is 0 Å². The second-order valence-electron chi connectivity index (χ2n) is 5.84. The number of carbonyl (C=O) groups is 1. The van der Waals surface area contributed by atoms with Gasteiger partial charge >= 0.3 is 0 Å². The van der Waals surface area contributed by atoms with Gasteiger partial charge in [0.05, 0.1) is 23.0 Å². The third-order valence-corrected chi connectivity index (χ3v) is 4.14. The van der Waals surface area contributed by atoms with Gasteiger partial charge in [0.2, 0.25) is 5.91 Å². The summed E-state index contributed by atoms with van der Waals surface area (Å²) in [5.74, 6) is -0.457. The van der Waals surface area contributed by atoms with Crippen LogP contribution in [0.4, 0.5) is 11.4 Å². The number of nitrogens with one attached hydrogen (secondary N) is 1. The predicted octanol–water partition coefficient (Wildman–Crippen LogP) is 1.56. The summed E-state index contributed by atoms with van der Waals surface area (Å²) in [4.78, 5) is 16.7. The summed E-state index contributed by atoms with van der Waals surface area (Å²) >= 11 is 0. The van der Waals surface area contributed by atoms with Gasteiger partial charge in [0.15, 0.2) is 0 Å². The molecule has 2 aliphatic rings. The quantitative estimate of drug-likeness (QED) is 0.763. The Labute approximate surface area is 117 Å². The Morgan fingerprint density at radius 3 is 2.85 bits per heavy atom. The van der Waals surface area contributed by atoms with Crippen molar-refractivity contribution >= 4 is 17.3 Å². The molecule has 20 heavy (non-hydrogen) atoms. The smallest absolute Gasteiger partial charge is 0.248 e. The van der Waals surface area contributed by atoms with Crippen LogP contribution in [0.5, 0.6) is 0 Å². The van der Waals surface area contributed by atoms with E-state index in [1.54, 1.807) is 12.1 Å². The Morgan fingerprint density at radius 1 is 1.50 bits per heavy atom. The summed E-state index contributed by atoms with van der Waals surface area (Å²) < 4.78 is 0. The van der Waals surface area contributed by atoms with Crippen molar-refractivity contribution in [2.45, 2.75) is 44.2 Å². The molecule has 1 aliphatic carbocycles. The van der Waals surface area contributed by atoms with E-state index in [9.17, 15) is 9.90 Å². The number of hydroxylamine groups is 1. The largest absolute Gasteiger partial charge is 0.390 e. The van der Waals surface area contributed by atoms with Crippen LogP contribution in [0.15, 0.2) is 18.2 Å². The van der Waals surface area contributed by atoms with Crippen LogP contribution in [0.1, 0.15) is 43.0 Å². The second-order valence-corrected chi connectivity index (χ2v) is 5.84. The molecule has 0 radical (unpaired) electrons. The maximum atomic E-state index is 11.2. The minimum Gasteiger partial charge on any atom is -0.390 e. The van der Waals surface area contributed by atoms with Gasteiger partial charge in [-0.1, -0.05) is 0 Å². The maximum Gasteiger partial charge on any atom is 0.248 e. The molecule has 1 aliphatic heterocycles. The Bertz CT molecular complexity index is 534. The van der Waals surface area contributed by atoms with Crippen molar-refractivity contribution < 1.29 is 14.8 Å². The molecular formula is C14H19N3O3. The van der Waals surface area contributed by atoms with Crippen LogP contribution in [-0.4, -0.2) is 22.7 Å². The van der Waals surface area contributed by atoms with Crippen molar-refractivity contribution in [3.63, 3.8) is 0 Å². The molecule has 0 aromatic heterocycles. The zero-order chi connectivity index (χ0) is 14.3. The predicted molar refractivity (Wildman–Crippen MR) is 75.0 cm³/mol. The van der Waals surface area contributed by atoms with Gasteiger partial charge in [-0.05, 0) is 50.8 Å². The number of carbonyl (C=O) groups excluding carboxylic acids is 1. The standard InChI is InChI=1S/C14H19N3O3/c1-14(19)6-4-10(5-7-14)17-12-3-2-9(13(15)18)8-11(12)16-20-17/h2-3,8,10,16,19H,4-7H2,1H3,(H2,15,18). The number of hydrogen-bond donors (Lipinski definition) is 3. The van der Waals surface area contributed by atoms with E-state index in [0.29, 0.717) is 5.56 Å². The van der Waals surface area contributed by atoms with Crippen molar-refractivity contribution in [2.75, 3.05) is 10.5 Å². The first-order valence-electron chi connectivity index (χ1n) is 6.85. The van der Waals surface area contributed by atoms with Crippen molar-refractivity contribution in [3.05, 3.63) is 23.8 Å². The summed E-state index contributed by atoms with van der Waals surface area (Å²) in [6, 6.07) is 5.45. The molecule has 0 saturated heterocycles. The Balaban J connectivity index is 1.78. The van der Waals surface area contributed by atoms with Gasteiger partial charge in [0.25, 0.3) is 0 Å². The molecule has 1 aromatic rings. The Hall–Kier alpha value is -1.79. The highest BCUT2D eigenvalue weighted by Crippen LogP contribution is 2.39. The van der Waals surface area contributed by atoms with Gasteiger partial charge in [-0.25, -0.2) is 10.5 Å². The fraction of sp³-hybridized carbons (Fsp3) is 0.500. The minimum atomic E-state index is -0.567. The molecule has 0 bridgehead atoms. The third kappa shape index (κ3) is 2.32. The van der Waals surface area contributed by atoms with Gasteiger partial charge in [-0.2, -0.15) is 4.94 Å². The molecule has 3 rings (SSSR count). The molecule has 4 N–H and O–H groups in total. The van der Waals surface area contributed by atoms with E-state index >= 15 is 0 Å². The first-order valence-corrected chi connectivity index (χ1v) is 6.85. The van der Waals surface area contributed by atoms with E-state index < -0.39 is 11.5 Å². The van der Waals surface area contributed by atoms with E-state index in [2.05, 4.69) is 5.48 Å². The van der Waals surface area contributed by atoms with Gasteiger partial charge in [0.1, 0.15) is 0 Å². The van der Waals surface area contributed by atoms with Crippen LogP contribution in [0, 0.1) is 0 Å². The van der Waals surface area contributed by atoms with E-state index in [4.69, 9.17) is 10.7 Å². The van der Waals surface area contributed by atoms with Gasteiger partial charge in [-0.3, -0.25) is 4.79 Å². The van der Waals surface area contributed by atoms with Crippen molar-refractivity contribution in [3.8, 4) is 0 Å². The number of anilines is 2. The molecule has 1 saturated carbocycles. The van der Waals surface area contributed by atoms with E-state index in [1.807, 2.05) is 18.1 Å². The number of aliphatic hydroxyl groups is 1. The zero-order valence-corrected chi connectivity index (χ0v) is 11.4. The van der Waals surface area contributed by atoms with Crippen molar-refractivity contribution in [1.29, 1.82) is 0 Å². The third-order valence-electron chi connectivity index (χ3n) is 4.14. The fourth-order valence-electron chi connectivity index (χ4n) is 2.84. The first-order chi connectivity index (χ1) is 9.46. The average molecular weight is 277 g/mol. The van der Waals surface area contributed by atoms with Gasteiger partial charge < -0.3 is 10.8 Å². The van der Waals surface area contributed by atoms with E-state index in [1.165, 1.54) is 0 Å². The highest BCUT2D eigenvalue weighted by molar-refractivity contribution is 5.95. The number of rotatable bonds is 2. The van der Waals surface area contributed by atoms with E-state index in [0.717, 1.165) is 37.1 Å². The number of benzene rings is 1.